The normalized spacial score (nSPS) is 10.9. The molecule has 1 N–H and O–H groups in total. The molecule has 2 rings (SSSR count). The van der Waals surface area contributed by atoms with Gasteiger partial charge in [0.2, 0.25) is 0 Å². The largest absolute Gasteiger partial charge is 0.390 e. The van der Waals surface area contributed by atoms with Gasteiger partial charge in [0.25, 0.3) is 0 Å². The molecule has 0 saturated carbocycles. The van der Waals surface area contributed by atoms with E-state index in [9.17, 15) is 0 Å². The summed E-state index contributed by atoms with van der Waals surface area (Å²) in [6.07, 6.45) is 8.38. The van der Waals surface area contributed by atoms with Gasteiger partial charge in [0.15, 0.2) is 5.16 Å². The van der Waals surface area contributed by atoms with Crippen LogP contribution in [0.25, 0.3) is 0 Å². The van der Waals surface area contributed by atoms with Crippen LogP contribution in [0.5, 0.6) is 0 Å². The van der Waals surface area contributed by atoms with E-state index in [4.69, 9.17) is 5.11 Å². The van der Waals surface area contributed by atoms with Crippen LogP contribution < -0.4 is 0 Å². The molecule has 0 unspecified atom stereocenters. The maximum atomic E-state index is 9.05. The van der Waals surface area contributed by atoms with E-state index in [1.54, 1.807) is 24.2 Å². The predicted octanol–water partition coefficient (Wildman–Crippen LogP) is 1.29. The van der Waals surface area contributed by atoms with E-state index in [1.807, 2.05) is 24.1 Å². The van der Waals surface area contributed by atoms with E-state index < -0.39 is 0 Å². The highest BCUT2D eigenvalue weighted by atomic mass is 32.2. The number of hydrogen-bond acceptors (Lipinski definition) is 4. The van der Waals surface area contributed by atoms with Crippen LogP contribution in [0.15, 0.2) is 30.1 Å². The molecule has 0 aliphatic rings. The molecular weight excluding hydrogens is 236 g/mol. The van der Waals surface area contributed by atoms with Crippen LogP contribution in [-0.2, 0) is 20.2 Å². The van der Waals surface area contributed by atoms with Crippen LogP contribution in [0, 0.1) is 0 Å². The van der Waals surface area contributed by atoms with Crippen LogP contribution in [0.3, 0.4) is 0 Å². The third-order valence-corrected chi connectivity index (χ3v) is 3.69. The summed E-state index contributed by atoms with van der Waals surface area (Å²) in [5.74, 6) is 1.01. The van der Waals surface area contributed by atoms with Crippen LogP contribution in [0.2, 0.25) is 0 Å². The van der Waals surface area contributed by atoms with Crippen molar-refractivity contribution in [1.29, 1.82) is 0 Å². The molecule has 0 aromatic carbocycles. The molecule has 0 atom stereocenters. The summed E-state index contributed by atoms with van der Waals surface area (Å²) < 4.78 is 4.00. The fraction of sp³-hybridized carbons (Fsp3) is 0.455. The summed E-state index contributed by atoms with van der Waals surface area (Å²) >= 11 is 1.71. The number of nitrogens with zero attached hydrogens (tertiary/aromatic N) is 4. The van der Waals surface area contributed by atoms with E-state index in [0.717, 1.165) is 29.6 Å². The molecule has 17 heavy (non-hydrogen) atoms. The Morgan fingerprint density at radius 2 is 2.35 bits per heavy atom. The average Bonchev–Trinajstić information content (AvgIpc) is 2.95. The summed E-state index contributed by atoms with van der Waals surface area (Å²) in [5, 5.41) is 10.0. The molecule has 2 heterocycles. The van der Waals surface area contributed by atoms with Crippen molar-refractivity contribution in [1.82, 2.24) is 19.1 Å². The van der Waals surface area contributed by atoms with Crippen molar-refractivity contribution >= 4 is 11.8 Å². The number of aryl methyl sites for hydroxylation is 1. The second-order valence-corrected chi connectivity index (χ2v) is 4.81. The Labute approximate surface area is 105 Å². The zero-order valence-corrected chi connectivity index (χ0v) is 10.6. The van der Waals surface area contributed by atoms with Crippen molar-refractivity contribution in [2.45, 2.75) is 24.7 Å². The Morgan fingerprint density at radius 3 is 3.00 bits per heavy atom. The van der Waals surface area contributed by atoms with Crippen LogP contribution in [0.4, 0.5) is 0 Å². The molecule has 0 aliphatic carbocycles. The molecule has 2 aromatic heterocycles. The minimum atomic E-state index is 0.0408. The van der Waals surface area contributed by atoms with Crippen LogP contribution in [-0.4, -0.2) is 30.0 Å². The molecule has 0 fully saturated rings. The second kappa shape index (κ2) is 5.88. The first-order chi connectivity index (χ1) is 8.31. The number of aromatic nitrogens is 4. The van der Waals surface area contributed by atoms with Gasteiger partial charge in [-0.2, -0.15) is 0 Å². The van der Waals surface area contributed by atoms with Crippen molar-refractivity contribution < 1.29 is 5.11 Å². The van der Waals surface area contributed by atoms with Crippen molar-refractivity contribution in [3.63, 3.8) is 0 Å². The van der Waals surface area contributed by atoms with Gasteiger partial charge < -0.3 is 14.2 Å². The molecule has 0 amide bonds. The molecule has 92 valence electrons. The zero-order chi connectivity index (χ0) is 12.1. The number of thioether (sulfide) groups is 1. The van der Waals surface area contributed by atoms with E-state index in [2.05, 4.69) is 14.5 Å². The standard InChI is InChI=1S/C11H16N4OS/c1-14-10(8-16)7-13-11(14)17-6-2-4-15-5-3-12-9-15/h3,5,7,9,16H,2,4,6,8H2,1H3. The minimum Gasteiger partial charge on any atom is -0.390 e. The maximum Gasteiger partial charge on any atom is 0.167 e. The van der Waals surface area contributed by atoms with Crippen LogP contribution in [0.1, 0.15) is 12.1 Å². The first kappa shape index (κ1) is 12.2. The van der Waals surface area contributed by atoms with Gasteiger partial charge in [0.1, 0.15) is 0 Å². The van der Waals surface area contributed by atoms with Gasteiger partial charge in [-0.05, 0) is 6.42 Å². The summed E-state index contributed by atoms with van der Waals surface area (Å²) in [5.41, 5.74) is 0.849. The molecule has 0 aliphatic heterocycles. The first-order valence-corrected chi connectivity index (χ1v) is 6.50. The number of rotatable bonds is 6. The molecule has 0 bridgehead atoms. The summed E-state index contributed by atoms with van der Waals surface area (Å²) in [4.78, 5) is 8.27. The smallest absolute Gasteiger partial charge is 0.167 e. The quantitative estimate of drug-likeness (QED) is 0.622. The van der Waals surface area contributed by atoms with Crippen molar-refractivity contribution in [3.8, 4) is 0 Å². The van der Waals surface area contributed by atoms with Gasteiger partial charge in [-0.15, -0.1) is 0 Å². The van der Waals surface area contributed by atoms with Gasteiger partial charge >= 0.3 is 0 Å². The predicted molar refractivity (Wildman–Crippen MR) is 66.7 cm³/mol. The lowest BCUT2D eigenvalue weighted by molar-refractivity contribution is 0.271. The Balaban J connectivity index is 1.76. The fourth-order valence-electron chi connectivity index (χ4n) is 1.54. The van der Waals surface area contributed by atoms with Gasteiger partial charge in [0, 0.05) is 31.7 Å². The number of aliphatic hydroxyl groups excluding tert-OH is 1. The minimum absolute atomic E-state index is 0.0408. The molecular formula is C11H16N4OS. The molecule has 6 heteroatoms. The fourth-order valence-corrected chi connectivity index (χ4v) is 2.43. The van der Waals surface area contributed by atoms with Gasteiger partial charge in [-0.3, -0.25) is 0 Å². The van der Waals surface area contributed by atoms with E-state index in [-0.39, 0.29) is 6.61 Å². The average molecular weight is 252 g/mol. The maximum absolute atomic E-state index is 9.05. The van der Waals surface area contributed by atoms with Crippen molar-refractivity contribution in [3.05, 3.63) is 30.6 Å². The molecule has 0 saturated heterocycles. The number of hydrogen-bond donors (Lipinski definition) is 1. The van der Waals surface area contributed by atoms with E-state index >= 15 is 0 Å². The molecule has 5 nitrogen and oxygen atoms in total. The Kier molecular flexibility index (Phi) is 4.22. The van der Waals surface area contributed by atoms with Crippen molar-refractivity contribution in [2.75, 3.05) is 5.75 Å². The van der Waals surface area contributed by atoms with Gasteiger partial charge in [-0.25, -0.2) is 9.97 Å². The van der Waals surface area contributed by atoms with E-state index in [0.29, 0.717) is 0 Å². The van der Waals surface area contributed by atoms with Crippen molar-refractivity contribution in [2.24, 2.45) is 7.05 Å². The van der Waals surface area contributed by atoms with E-state index in [1.165, 1.54) is 0 Å². The molecule has 0 radical (unpaired) electrons. The lowest BCUT2D eigenvalue weighted by Crippen LogP contribution is -1.99. The highest BCUT2D eigenvalue weighted by molar-refractivity contribution is 7.99. The molecule has 0 spiro atoms. The monoisotopic (exact) mass is 252 g/mol. The summed E-state index contributed by atoms with van der Waals surface area (Å²) in [7, 11) is 1.93. The Bertz CT molecular complexity index is 452. The topological polar surface area (TPSA) is 55.9 Å². The summed E-state index contributed by atoms with van der Waals surface area (Å²) in [6, 6.07) is 0. The summed E-state index contributed by atoms with van der Waals surface area (Å²) in [6.45, 7) is 1.02. The first-order valence-electron chi connectivity index (χ1n) is 5.51. The zero-order valence-electron chi connectivity index (χ0n) is 9.78. The SMILES string of the molecule is Cn1c(CO)cnc1SCCCn1ccnc1. The van der Waals surface area contributed by atoms with Crippen LogP contribution >= 0.6 is 11.8 Å². The third kappa shape index (κ3) is 3.10. The van der Waals surface area contributed by atoms with Gasteiger partial charge in [0.05, 0.1) is 24.8 Å². The number of imidazole rings is 2. The lowest BCUT2D eigenvalue weighted by Gasteiger charge is -2.04. The Hall–Kier alpha value is -1.27. The third-order valence-electron chi connectivity index (χ3n) is 2.55. The highest BCUT2D eigenvalue weighted by Gasteiger charge is 2.05. The lowest BCUT2D eigenvalue weighted by atomic mass is 10.5. The van der Waals surface area contributed by atoms with Gasteiger partial charge in [-0.1, -0.05) is 11.8 Å². The molecule has 2 aromatic rings. The Morgan fingerprint density at radius 1 is 1.47 bits per heavy atom. The number of aliphatic hydroxyl groups is 1. The highest BCUT2D eigenvalue weighted by Crippen LogP contribution is 2.18. The second-order valence-electron chi connectivity index (χ2n) is 3.75.